The van der Waals surface area contributed by atoms with Crippen LogP contribution in [0, 0.1) is 0 Å². The molecule has 0 unspecified atom stereocenters. The number of carbonyl (C=O) groups is 2. The highest BCUT2D eigenvalue weighted by Crippen LogP contribution is 1.98. The summed E-state index contributed by atoms with van der Waals surface area (Å²) in [6.45, 7) is 5.62. The Hall–Kier alpha value is -1.10. The Labute approximate surface area is 78.1 Å². The van der Waals surface area contributed by atoms with E-state index in [-0.39, 0.29) is 30.4 Å². The Balaban J connectivity index is 3.82. The van der Waals surface area contributed by atoms with Crippen molar-refractivity contribution in [3.05, 3.63) is 0 Å². The highest BCUT2D eigenvalue weighted by Gasteiger charge is 2.15. The van der Waals surface area contributed by atoms with Crippen molar-refractivity contribution in [2.45, 2.75) is 32.7 Å². The van der Waals surface area contributed by atoms with E-state index in [9.17, 15) is 9.59 Å². The zero-order chi connectivity index (χ0) is 10.5. The molecule has 0 saturated carbocycles. The number of hydrogen-bond donors (Lipinski definition) is 3. The molecule has 0 aliphatic rings. The van der Waals surface area contributed by atoms with Crippen LogP contribution in [0.2, 0.25) is 0 Å². The van der Waals surface area contributed by atoms with Crippen molar-refractivity contribution in [3.63, 3.8) is 0 Å². The van der Waals surface area contributed by atoms with Gasteiger partial charge in [0.05, 0.1) is 6.67 Å². The number of rotatable bonds is 3. The lowest BCUT2D eigenvalue weighted by molar-refractivity contribution is -0.129. The monoisotopic (exact) mass is 187 g/mol. The third-order valence-corrected chi connectivity index (χ3v) is 1.13. The predicted octanol–water partition coefficient (Wildman–Crippen LogP) is -0.676. The second kappa shape index (κ2) is 4.81. The Morgan fingerprint density at radius 1 is 1.23 bits per heavy atom. The van der Waals surface area contributed by atoms with Gasteiger partial charge in [-0.25, -0.2) is 0 Å². The van der Waals surface area contributed by atoms with Crippen molar-refractivity contribution >= 4 is 11.8 Å². The average molecular weight is 187 g/mol. The SMILES string of the molecule is CC(C)(C)NC(=O)CC(=O)NCN. The van der Waals surface area contributed by atoms with E-state index in [0.717, 1.165) is 0 Å². The van der Waals surface area contributed by atoms with E-state index in [4.69, 9.17) is 5.73 Å². The topological polar surface area (TPSA) is 84.2 Å². The first kappa shape index (κ1) is 11.9. The minimum absolute atomic E-state index is 0.0572. The zero-order valence-electron chi connectivity index (χ0n) is 8.31. The molecule has 0 aliphatic carbocycles. The number of carbonyl (C=O) groups excluding carboxylic acids is 2. The summed E-state index contributed by atoms with van der Waals surface area (Å²) in [6.07, 6.45) is -0.172. The fourth-order valence-electron chi connectivity index (χ4n) is 0.785. The molecule has 2 amide bonds. The smallest absolute Gasteiger partial charge is 0.230 e. The molecule has 0 aromatic rings. The molecule has 0 bridgehead atoms. The van der Waals surface area contributed by atoms with Crippen LogP contribution >= 0.6 is 0 Å². The molecule has 0 heterocycles. The normalized spacial score (nSPS) is 10.8. The van der Waals surface area contributed by atoms with E-state index in [0.29, 0.717) is 0 Å². The molecular weight excluding hydrogens is 170 g/mol. The van der Waals surface area contributed by atoms with Crippen LogP contribution in [0.15, 0.2) is 0 Å². The van der Waals surface area contributed by atoms with E-state index in [1.54, 1.807) is 0 Å². The largest absolute Gasteiger partial charge is 0.351 e. The van der Waals surface area contributed by atoms with Crippen LogP contribution in [0.25, 0.3) is 0 Å². The summed E-state index contributed by atoms with van der Waals surface area (Å²) in [7, 11) is 0. The van der Waals surface area contributed by atoms with E-state index in [2.05, 4.69) is 10.6 Å². The molecule has 0 aromatic carbocycles. The first-order valence-electron chi connectivity index (χ1n) is 4.13. The molecule has 0 aliphatic heterocycles. The predicted molar refractivity (Wildman–Crippen MR) is 49.7 cm³/mol. The van der Waals surface area contributed by atoms with E-state index >= 15 is 0 Å². The molecule has 4 N–H and O–H groups in total. The molecule has 5 heteroatoms. The molecule has 0 radical (unpaired) electrons. The third kappa shape index (κ3) is 7.27. The molecule has 76 valence electrons. The van der Waals surface area contributed by atoms with Gasteiger partial charge in [-0.1, -0.05) is 0 Å². The highest BCUT2D eigenvalue weighted by atomic mass is 16.2. The quantitative estimate of drug-likeness (QED) is 0.404. The van der Waals surface area contributed by atoms with Crippen LogP contribution in [0.1, 0.15) is 27.2 Å². The van der Waals surface area contributed by atoms with Crippen molar-refractivity contribution in [2.75, 3.05) is 6.67 Å². The van der Waals surface area contributed by atoms with E-state index in [1.807, 2.05) is 20.8 Å². The second-order valence-electron chi connectivity index (χ2n) is 3.78. The van der Waals surface area contributed by atoms with Gasteiger partial charge in [0.15, 0.2) is 0 Å². The summed E-state index contributed by atoms with van der Waals surface area (Å²) < 4.78 is 0. The van der Waals surface area contributed by atoms with Crippen LogP contribution in [0.3, 0.4) is 0 Å². The van der Waals surface area contributed by atoms with Crippen LogP contribution < -0.4 is 16.4 Å². The summed E-state index contributed by atoms with van der Waals surface area (Å²) in [5.41, 5.74) is 4.76. The third-order valence-electron chi connectivity index (χ3n) is 1.13. The zero-order valence-corrected chi connectivity index (χ0v) is 8.31. The van der Waals surface area contributed by atoms with Crippen molar-refractivity contribution in [1.29, 1.82) is 0 Å². The summed E-state index contributed by atoms with van der Waals surface area (Å²) in [5, 5.41) is 5.01. The first-order chi connectivity index (χ1) is 5.85. The molecule has 0 spiro atoms. The summed E-state index contributed by atoms with van der Waals surface area (Å²) in [5.74, 6) is -0.650. The van der Waals surface area contributed by atoms with Crippen molar-refractivity contribution < 1.29 is 9.59 Å². The maximum atomic E-state index is 11.1. The lowest BCUT2D eigenvalue weighted by Gasteiger charge is -2.20. The Morgan fingerprint density at radius 3 is 2.15 bits per heavy atom. The number of nitrogens with one attached hydrogen (secondary N) is 2. The van der Waals surface area contributed by atoms with Gasteiger partial charge in [0.1, 0.15) is 6.42 Å². The Kier molecular flexibility index (Phi) is 4.40. The van der Waals surface area contributed by atoms with E-state index in [1.165, 1.54) is 0 Å². The first-order valence-corrected chi connectivity index (χ1v) is 4.13. The minimum atomic E-state index is -0.357. The number of hydrogen-bond acceptors (Lipinski definition) is 3. The summed E-state index contributed by atoms with van der Waals surface area (Å²) in [4.78, 5) is 22.0. The van der Waals surface area contributed by atoms with Gasteiger partial charge < -0.3 is 16.4 Å². The molecule has 13 heavy (non-hydrogen) atoms. The summed E-state index contributed by atoms with van der Waals surface area (Å²) >= 11 is 0. The molecule has 0 saturated heterocycles. The molecule has 0 aromatic heterocycles. The van der Waals surface area contributed by atoms with Crippen molar-refractivity contribution in [1.82, 2.24) is 10.6 Å². The Bertz CT molecular complexity index is 196. The average Bonchev–Trinajstić information content (AvgIpc) is 1.81. The van der Waals surface area contributed by atoms with Crippen LogP contribution in [-0.2, 0) is 9.59 Å². The van der Waals surface area contributed by atoms with Gasteiger partial charge in [-0.2, -0.15) is 0 Å². The lowest BCUT2D eigenvalue weighted by Crippen LogP contribution is -2.43. The fourth-order valence-corrected chi connectivity index (χ4v) is 0.785. The number of amides is 2. The van der Waals surface area contributed by atoms with Gasteiger partial charge in [0.2, 0.25) is 11.8 Å². The standard InChI is InChI=1S/C8H17N3O2/c1-8(2,3)11-7(13)4-6(12)10-5-9/h4-5,9H2,1-3H3,(H,10,12)(H,11,13). The van der Waals surface area contributed by atoms with Gasteiger partial charge in [-0.05, 0) is 20.8 Å². The maximum absolute atomic E-state index is 11.1. The van der Waals surface area contributed by atoms with Crippen molar-refractivity contribution in [3.8, 4) is 0 Å². The van der Waals surface area contributed by atoms with E-state index < -0.39 is 0 Å². The minimum Gasteiger partial charge on any atom is -0.351 e. The molecule has 0 rings (SSSR count). The van der Waals surface area contributed by atoms with Gasteiger partial charge >= 0.3 is 0 Å². The molecule has 0 fully saturated rings. The van der Waals surface area contributed by atoms with Crippen molar-refractivity contribution in [2.24, 2.45) is 5.73 Å². The fraction of sp³-hybridized carbons (Fsp3) is 0.750. The van der Waals surface area contributed by atoms with Crippen LogP contribution in [0.5, 0.6) is 0 Å². The highest BCUT2D eigenvalue weighted by molar-refractivity contribution is 5.97. The van der Waals surface area contributed by atoms with Crippen LogP contribution in [-0.4, -0.2) is 24.0 Å². The lowest BCUT2D eigenvalue weighted by atomic mass is 10.1. The summed E-state index contributed by atoms with van der Waals surface area (Å²) in [6, 6.07) is 0. The second-order valence-corrected chi connectivity index (χ2v) is 3.78. The maximum Gasteiger partial charge on any atom is 0.230 e. The van der Waals surface area contributed by atoms with Gasteiger partial charge in [-0.15, -0.1) is 0 Å². The van der Waals surface area contributed by atoms with Gasteiger partial charge in [0.25, 0.3) is 0 Å². The Morgan fingerprint density at radius 2 is 1.77 bits per heavy atom. The van der Waals surface area contributed by atoms with Gasteiger partial charge in [0, 0.05) is 5.54 Å². The van der Waals surface area contributed by atoms with Gasteiger partial charge in [-0.3, -0.25) is 9.59 Å². The molecular formula is C8H17N3O2. The van der Waals surface area contributed by atoms with Crippen LogP contribution in [0.4, 0.5) is 0 Å². The number of nitrogens with two attached hydrogens (primary N) is 1. The molecule has 5 nitrogen and oxygen atoms in total. The molecule has 0 atom stereocenters.